The fourth-order valence-corrected chi connectivity index (χ4v) is 4.09. The Hall–Kier alpha value is -1.59. The summed E-state index contributed by atoms with van der Waals surface area (Å²) < 4.78 is 5.80. The quantitative estimate of drug-likeness (QED) is 0.415. The standard InChI is InChI=1S/C22H17O3.Al.Li.H/c23-21(24)22(25,19-13-5-9-15-7-1-3-11-17(15)19)20-14-6-10-16-8-2-4-12-18(16)20;;;/h1-14,21,23-24H;;;/q-1;2*+1;-1. The Morgan fingerprint density at radius 1 is 0.704 bits per heavy atom. The van der Waals surface area contributed by atoms with E-state index in [-0.39, 0.29) is 20.3 Å². The smallest absolute Gasteiger partial charge is 1.00 e. The molecule has 0 unspecified atom stereocenters. The van der Waals surface area contributed by atoms with Crippen molar-refractivity contribution in [2.75, 3.05) is 0 Å². The van der Waals surface area contributed by atoms with E-state index in [1.165, 1.54) is 0 Å². The average Bonchev–Trinajstić information content (AvgIpc) is 2.69. The van der Waals surface area contributed by atoms with Crippen molar-refractivity contribution in [1.82, 2.24) is 0 Å². The van der Waals surface area contributed by atoms with Gasteiger partial charge in [0.25, 0.3) is 0 Å². The van der Waals surface area contributed by atoms with Crippen LogP contribution in [0.25, 0.3) is 21.5 Å². The van der Waals surface area contributed by atoms with Gasteiger partial charge in [-0.25, -0.2) is 0 Å². The summed E-state index contributed by atoms with van der Waals surface area (Å²) in [5.74, 6) is 0. The summed E-state index contributed by atoms with van der Waals surface area (Å²) in [6.07, 6.45) is -1.75. The van der Waals surface area contributed by atoms with Crippen LogP contribution >= 0.6 is 0 Å². The summed E-state index contributed by atoms with van der Waals surface area (Å²) >= 11 is 2.22. The van der Waals surface area contributed by atoms with E-state index in [1.807, 2.05) is 84.9 Å². The zero-order valence-electron chi connectivity index (χ0n) is 16.0. The fourth-order valence-electron chi connectivity index (χ4n) is 3.71. The van der Waals surface area contributed by atoms with Crippen molar-refractivity contribution in [3.63, 3.8) is 0 Å². The number of aliphatic hydroxyl groups is 2. The molecule has 0 amide bonds. The summed E-state index contributed by atoms with van der Waals surface area (Å²) in [7, 11) is 0. The van der Waals surface area contributed by atoms with E-state index in [4.69, 9.17) is 3.79 Å². The van der Waals surface area contributed by atoms with Gasteiger partial charge in [-0.05, 0) is 32.7 Å². The first kappa shape index (κ1) is 20.2. The second-order valence-electron chi connectivity index (χ2n) is 6.28. The average molecular weight is 364 g/mol. The Labute approximate surface area is 180 Å². The molecule has 4 rings (SSSR count). The fraction of sp³-hybridized carbons (Fsp3) is 0.0909. The molecule has 0 spiro atoms. The van der Waals surface area contributed by atoms with Crippen molar-refractivity contribution >= 4 is 38.2 Å². The van der Waals surface area contributed by atoms with Crippen LogP contribution in [0.2, 0.25) is 0 Å². The molecule has 3 nitrogen and oxygen atoms in total. The molecule has 0 aliphatic heterocycles. The van der Waals surface area contributed by atoms with Gasteiger partial charge in [-0.3, -0.25) is 0 Å². The monoisotopic (exact) mass is 364 g/mol. The number of hydrogen-bond acceptors (Lipinski definition) is 3. The largest absolute Gasteiger partial charge is 1.00 e. The molecule has 2 radical (unpaired) electrons. The Balaban J connectivity index is 0.00000140. The molecular formula is C22H18AlLiO3. The van der Waals surface area contributed by atoms with E-state index in [0.29, 0.717) is 11.1 Å². The van der Waals surface area contributed by atoms with Gasteiger partial charge in [-0.2, -0.15) is 0 Å². The van der Waals surface area contributed by atoms with Crippen molar-refractivity contribution in [1.29, 1.82) is 0 Å². The summed E-state index contributed by atoms with van der Waals surface area (Å²) in [5.41, 5.74) is -0.0271. The van der Waals surface area contributed by atoms with Crippen molar-refractivity contribution in [3.05, 3.63) is 96.1 Å². The molecule has 0 heterocycles. The second-order valence-corrected chi connectivity index (χ2v) is 6.52. The van der Waals surface area contributed by atoms with Crippen molar-refractivity contribution in [2.24, 2.45) is 0 Å². The van der Waals surface area contributed by atoms with Gasteiger partial charge in [0.05, 0.1) is 0 Å². The van der Waals surface area contributed by atoms with E-state index in [1.54, 1.807) is 0 Å². The maximum Gasteiger partial charge on any atom is 1.00 e. The zero-order chi connectivity index (χ0) is 18.1. The third-order valence-electron chi connectivity index (χ3n) is 4.93. The minimum absolute atomic E-state index is 0. The molecule has 128 valence electrons. The van der Waals surface area contributed by atoms with Crippen LogP contribution in [-0.4, -0.2) is 33.1 Å². The molecule has 0 fully saturated rings. The van der Waals surface area contributed by atoms with E-state index in [9.17, 15) is 10.2 Å². The predicted octanol–water partition coefficient (Wildman–Crippen LogP) is 0.764. The van der Waals surface area contributed by atoms with Crippen LogP contribution in [0.15, 0.2) is 84.9 Å². The molecular weight excluding hydrogens is 346 g/mol. The molecule has 0 saturated carbocycles. The maximum absolute atomic E-state index is 10.5. The minimum Gasteiger partial charge on any atom is -1.00 e. The number of hydrogen-bond donors (Lipinski definition) is 2. The molecule has 0 aliphatic rings. The van der Waals surface area contributed by atoms with E-state index < -0.39 is 11.9 Å². The first-order valence-electron chi connectivity index (χ1n) is 8.39. The van der Waals surface area contributed by atoms with Crippen LogP contribution in [0, 0.1) is 0 Å². The van der Waals surface area contributed by atoms with Crippen LogP contribution in [-0.2, 0) is 9.39 Å². The first-order valence-corrected chi connectivity index (χ1v) is 8.86. The third kappa shape index (κ3) is 3.25. The molecule has 4 aromatic carbocycles. The molecule has 4 aromatic rings. The molecule has 0 aliphatic carbocycles. The summed E-state index contributed by atoms with van der Waals surface area (Å²) in [5, 5.41) is 24.9. The first-order chi connectivity index (χ1) is 12.7. The maximum atomic E-state index is 10.5. The van der Waals surface area contributed by atoms with Crippen molar-refractivity contribution in [2.45, 2.75) is 11.9 Å². The van der Waals surface area contributed by atoms with Gasteiger partial charge in [-0.1, -0.05) is 84.9 Å². The third-order valence-corrected chi connectivity index (χ3v) is 5.30. The predicted molar refractivity (Wildman–Crippen MR) is 105 cm³/mol. The van der Waals surface area contributed by atoms with Crippen LogP contribution in [0.5, 0.6) is 0 Å². The minimum atomic E-state index is -1.75. The van der Waals surface area contributed by atoms with Crippen molar-refractivity contribution < 1.29 is 34.3 Å². The topological polar surface area (TPSA) is 49.7 Å². The van der Waals surface area contributed by atoms with Gasteiger partial charge >= 0.3 is 35.5 Å². The molecule has 0 aromatic heterocycles. The van der Waals surface area contributed by atoms with Crippen LogP contribution in [0.1, 0.15) is 12.6 Å². The number of benzene rings is 4. The van der Waals surface area contributed by atoms with Crippen molar-refractivity contribution in [3.8, 4) is 0 Å². The van der Waals surface area contributed by atoms with E-state index in [0.717, 1.165) is 21.5 Å². The van der Waals surface area contributed by atoms with Gasteiger partial charge in [0.1, 0.15) is 5.60 Å². The Morgan fingerprint density at radius 2 is 1.11 bits per heavy atom. The molecule has 0 atom stereocenters. The second kappa shape index (κ2) is 8.19. The van der Waals surface area contributed by atoms with Gasteiger partial charge in [0, 0.05) is 0 Å². The Morgan fingerprint density at radius 3 is 1.52 bits per heavy atom. The molecule has 0 bridgehead atoms. The molecule has 0 saturated heterocycles. The summed E-state index contributed by atoms with van der Waals surface area (Å²) in [6, 6.07) is 27.3. The molecule has 5 heteroatoms. The Kier molecular flexibility index (Phi) is 6.11. The van der Waals surface area contributed by atoms with E-state index in [2.05, 4.69) is 16.6 Å². The number of fused-ring (bicyclic) bond motifs is 2. The number of aliphatic hydroxyl groups excluding tert-OH is 1. The summed E-state index contributed by atoms with van der Waals surface area (Å²) in [6.45, 7) is 0. The van der Waals surface area contributed by atoms with Gasteiger partial charge < -0.3 is 15.4 Å². The zero-order valence-corrected chi connectivity index (χ0v) is 16.2. The van der Waals surface area contributed by atoms with Crippen LogP contribution in [0.3, 0.4) is 0 Å². The SMILES string of the molecule is OC(O)C([O][Al])(c1cccc2ccccc12)c1cccc2ccccc12.[H-].[Li+]. The number of rotatable bonds is 4. The van der Waals surface area contributed by atoms with E-state index >= 15 is 0 Å². The summed E-state index contributed by atoms with van der Waals surface area (Å²) in [4.78, 5) is 0. The van der Waals surface area contributed by atoms with Gasteiger partial charge in [0.2, 0.25) is 0 Å². The Bertz CT molecular complexity index is 997. The van der Waals surface area contributed by atoms with Crippen LogP contribution < -0.4 is 18.9 Å². The molecule has 27 heavy (non-hydrogen) atoms. The van der Waals surface area contributed by atoms with Gasteiger partial charge in [-0.15, -0.1) is 0 Å². The van der Waals surface area contributed by atoms with Crippen LogP contribution in [0.4, 0.5) is 0 Å². The molecule has 2 N–H and O–H groups in total. The van der Waals surface area contributed by atoms with Gasteiger partial charge in [0.15, 0.2) is 6.29 Å². The normalized spacial score (nSPS) is 11.7.